The lowest BCUT2D eigenvalue weighted by Crippen LogP contribution is -2.29. The predicted molar refractivity (Wildman–Crippen MR) is 101 cm³/mol. The molecule has 0 saturated carbocycles. The summed E-state index contributed by atoms with van der Waals surface area (Å²) in [6.07, 6.45) is 3.79. The van der Waals surface area contributed by atoms with Crippen molar-refractivity contribution in [3.63, 3.8) is 0 Å². The predicted octanol–water partition coefficient (Wildman–Crippen LogP) is 4.32. The number of carbonyl (C=O) groups is 1. The van der Waals surface area contributed by atoms with Gasteiger partial charge in [0, 0.05) is 24.3 Å². The summed E-state index contributed by atoms with van der Waals surface area (Å²) >= 11 is 0. The fourth-order valence-corrected chi connectivity index (χ4v) is 3.30. The number of amides is 1. The van der Waals surface area contributed by atoms with E-state index in [1.165, 1.54) is 44.2 Å². The van der Waals surface area contributed by atoms with Crippen LogP contribution in [0.15, 0.2) is 42.5 Å². The molecule has 26 heavy (non-hydrogen) atoms. The zero-order valence-electron chi connectivity index (χ0n) is 15.3. The molecule has 0 bridgehead atoms. The van der Waals surface area contributed by atoms with Crippen LogP contribution < -0.4 is 15.0 Å². The highest BCUT2D eigenvalue weighted by molar-refractivity contribution is 5.94. The highest BCUT2D eigenvalue weighted by Gasteiger charge is 2.15. The first-order valence-electron chi connectivity index (χ1n) is 9.08. The summed E-state index contributed by atoms with van der Waals surface area (Å²) in [5, 5.41) is 2.92. The van der Waals surface area contributed by atoms with E-state index in [4.69, 9.17) is 4.74 Å². The van der Waals surface area contributed by atoms with E-state index in [-0.39, 0.29) is 23.3 Å². The van der Waals surface area contributed by atoms with Crippen molar-refractivity contribution in [2.45, 2.75) is 32.2 Å². The number of hydrogen-bond acceptors (Lipinski definition) is 3. The van der Waals surface area contributed by atoms with E-state index >= 15 is 0 Å². The summed E-state index contributed by atoms with van der Waals surface area (Å²) in [4.78, 5) is 14.8. The maximum absolute atomic E-state index is 13.8. The third kappa shape index (κ3) is 4.15. The van der Waals surface area contributed by atoms with E-state index in [2.05, 4.69) is 22.3 Å². The lowest BCUT2D eigenvalue weighted by molar-refractivity contribution is 0.0939. The number of nitrogens with one attached hydrogen (secondary N) is 1. The average Bonchev–Trinajstić information content (AvgIpc) is 2.68. The molecule has 4 nitrogen and oxygen atoms in total. The topological polar surface area (TPSA) is 41.6 Å². The van der Waals surface area contributed by atoms with Crippen molar-refractivity contribution < 1.29 is 13.9 Å². The van der Waals surface area contributed by atoms with Gasteiger partial charge < -0.3 is 15.0 Å². The molecule has 2 aromatic rings. The molecule has 5 heteroatoms. The first-order valence-corrected chi connectivity index (χ1v) is 9.08. The molecule has 3 rings (SSSR count). The maximum atomic E-state index is 13.8. The van der Waals surface area contributed by atoms with Crippen molar-refractivity contribution in [1.29, 1.82) is 0 Å². The third-order valence-corrected chi connectivity index (χ3v) is 4.88. The minimum absolute atomic E-state index is 0.128. The molecule has 1 aliphatic heterocycles. The molecule has 0 aliphatic carbocycles. The average molecular weight is 356 g/mol. The molecular formula is C21H25FN2O2. The van der Waals surface area contributed by atoms with Crippen LogP contribution in [0.5, 0.6) is 5.75 Å². The number of carbonyl (C=O) groups excluding carboxylic acids is 1. The highest BCUT2D eigenvalue weighted by Crippen LogP contribution is 2.23. The first-order chi connectivity index (χ1) is 12.6. The Hall–Kier alpha value is -2.56. The summed E-state index contributed by atoms with van der Waals surface area (Å²) in [5.74, 6) is -0.722. The number of piperidine rings is 1. The van der Waals surface area contributed by atoms with Gasteiger partial charge in [0.05, 0.1) is 13.2 Å². The SMILES string of the molecule is COc1ccc(C(=O)N[C@@H](C)c2ccc(N3CCCCC3)cc2)cc1F. The van der Waals surface area contributed by atoms with Gasteiger partial charge in [-0.1, -0.05) is 12.1 Å². The quantitative estimate of drug-likeness (QED) is 0.868. The molecule has 138 valence electrons. The first kappa shape index (κ1) is 18.2. The zero-order valence-corrected chi connectivity index (χ0v) is 15.3. The van der Waals surface area contributed by atoms with Gasteiger partial charge in [0.15, 0.2) is 11.6 Å². The van der Waals surface area contributed by atoms with E-state index in [1.807, 2.05) is 19.1 Å². The van der Waals surface area contributed by atoms with Gasteiger partial charge in [0.25, 0.3) is 5.91 Å². The van der Waals surface area contributed by atoms with Gasteiger partial charge in [-0.25, -0.2) is 4.39 Å². The molecule has 0 aromatic heterocycles. The second-order valence-corrected chi connectivity index (χ2v) is 6.68. The van der Waals surface area contributed by atoms with Crippen molar-refractivity contribution in [2.24, 2.45) is 0 Å². The van der Waals surface area contributed by atoms with Crippen LogP contribution in [-0.2, 0) is 0 Å². The van der Waals surface area contributed by atoms with Crippen LogP contribution in [0.1, 0.15) is 48.1 Å². The summed E-state index contributed by atoms with van der Waals surface area (Å²) in [6, 6.07) is 12.4. The monoisotopic (exact) mass is 356 g/mol. The lowest BCUT2D eigenvalue weighted by atomic mass is 10.1. The second-order valence-electron chi connectivity index (χ2n) is 6.68. The van der Waals surface area contributed by atoms with Crippen LogP contribution in [0.3, 0.4) is 0 Å². The Morgan fingerprint density at radius 1 is 1.12 bits per heavy atom. The van der Waals surface area contributed by atoms with Gasteiger partial charge in [0.1, 0.15) is 0 Å². The summed E-state index contributed by atoms with van der Waals surface area (Å²) in [6.45, 7) is 4.14. The Morgan fingerprint density at radius 3 is 2.42 bits per heavy atom. The smallest absolute Gasteiger partial charge is 0.251 e. The van der Waals surface area contributed by atoms with Gasteiger partial charge in [-0.2, -0.15) is 0 Å². The van der Waals surface area contributed by atoms with Crippen molar-refractivity contribution in [1.82, 2.24) is 5.32 Å². The standard InChI is InChI=1S/C21H25FN2O2/c1-15(23-21(25)17-8-11-20(26-2)19(22)14-17)16-6-9-18(10-7-16)24-12-4-3-5-13-24/h6-11,14-15H,3-5,12-13H2,1-2H3,(H,23,25)/t15-/m0/s1. The van der Waals surface area contributed by atoms with E-state index in [1.54, 1.807) is 6.07 Å². The highest BCUT2D eigenvalue weighted by atomic mass is 19.1. The van der Waals surface area contributed by atoms with Gasteiger partial charge in [0.2, 0.25) is 0 Å². The minimum atomic E-state index is -0.543. The Kier molecular flexibility index (Phi) is 5.76. The molecule has 0 radical (unpaired) electrons. The molecule has 1 amide bonds. The number of methoxy groups -OCH3 is 1. The van der Waals surface area contributed by atoms with Crippen LogP contribution in [-0.4, -0.2) is 26.1 Å². The number of hydrogen-bond donors (Lipinski definition) is 1. The Morgan fingerprint density at radius 2 is 1.81 bits per heavy atom. The van der Waals surface area contributed by atoms with Gasteiger partial charge in [-0.05, 0) is 62.1 Å². The number of anilines is 1. The number of benzene rings is 2. The number of nitrogens with zero attached hydrogens (tertiary/aromatic N) is 1. The minimum Gasteiger partial charge on any atom is -0.494 e. The fourth-order valence-electron chi connectivity index (χ4n) is 3.30. The number of rotatable bonds is 5. The van der Waals surface area contributed by atoms with E-state index in [0.29, 0.717) is 0 Å². The maximum Gasteiger partial charge on any atom is 0.251 e. The molecule has 1 aliphatic rings. The van der Waals surface area contributed by atoms with E-state index in [9.17, 15) is 9.18 Å². The van der Waals surface area contributed by atoms with Crippen LogP contribution in [0.2, 0.25) is 0 Å². The summed E-state index contributed by atoms with van der Waals surface area (Å²) < 4.78 is 18.7. The van der Waals surface area contributed by atoms with Crippen LogP contribution in [0.4, 0.5) is 10.1 Å². The molecule has 0 spiro atoms. The van der Waals surface area contributed by atoms with Crippen LogP contribution >= 0.6 is 0 Å². The van der Waals surface area contributed by atoms with Crippen molar-refractivity contribution >= 4 is 11.6 Å². The number of halogens is 1. The molecule has 1 saturated heterocycles. The Balaban J connectivity index is 1.64. The van der Waals surface area contributed by atoms with Crippen molar-refractivity contribution in [3.05, 3.63) is 59.4 Å². The van der Waals surface area contributed by atoms with Gasteiger partial charge in [-0.15, -0.1) is 0 Å². The molecule has 0 unspecified atom stereocenters. The molecule has 1 atom stereocenters. The normalized spacial score (nSPS) is 15.4. The molecular weight excluding hydrogens is 331 g/mol. The van der Waals surface area contributed by atoms with E-state index in [0.717, 1.165) is 18.7 Å². The van der Waals surface area contributed by atoms with Gasteiger partial charge >= 0.3 is 0 Å². The van der Waals surface area contributed by atoms with Gasteiger partial charge in [-0.3, -0.25) is 4.79 Å². The van der Waals surface area contributed by atoms with Crippen molar-refractivity contribution in [3.8, 4) is 5.75 Å². The van der Waals surface area contributed by atoms with E-state index < -0.39 is 5.82 Å². The molecule has 1 fully saturated rings. The zero-order chi connectivity index (χ0) is 18.5. The van der Waals surface area contributed by atoms with Crippen molar-refractivity contribution in [2.75, 3.05) is 25.1 Å². The number of ether oxygens (including phenoxy) is 1. The molecule has 1 heterocycles. The molecule has 2 aromatic carbocycles. The van der Waals surface area contributed by atoms with Crippen LogP contribution in [0.25, 0.3) is 0 Å². The Bertz CT molecular complexity index is 755. The van der Waals surface area contributed by atoms with Crippen LogP contribution in [0, 0.1) is 5.82 Å². The molecule has 1 N–H and O–H groups in total. The largest absolute Gasteiger partial charge is 0.494 e. The Labute approximate surface area is 154 Å². The fraction of sp³-hybridized carbons (Fsp3) is 0.381. The summed E-state index contributed by atoms with van der Waals surface area (Å²) in [5.41, 5.74) is 2.53. The summed E-state index contributed by atoms with van der Waals surface area (Å²) in [7, 11) is 1.40. The lowest BCUT2D eigenvalue weighted by Gasteiger charge is -2.29. The second kappa shape index (κ2) is 8.21. The third-order valence-electron chi connectivity index (χ3n) is 4.88.